The number of hydrogen-bond acceptors (Lipinski definition) is 4. The third-order valence-corrected chi connectivity index (χ3v) is 4.18. The van der Waals surface area contributed by atoms with Crippen molar-refractivity contribution in [1.29, 1.82) is 0 Å². The molecule has 1 aromatic heterocycles. The zero-order valence-electron chi connectivity index (χ0n) is 13.5. The predicted octanol–water partition coefficient (Wildman–Crippen LogP) is 4.55. The van der Waals surface area contributed by atoms with Gasteiger partial charge in [-0.15, -0.1) is 0 Å². The van der Waals surface area contributed by atoms with E-state index in [2.05, 4.69) is 21.2 Å². The molecule has 1 amide bonds. The van der Waals surface area contributed by atoms with Gasteiger partial charge in [0, 0.05) is 15.5 Å². The maximum absolute atomic E-state index is 12.7. The van der Waals surface area contributed by atoms with Gasteiger partial charge in [0.25, 0.3) is 5.91 Å². The molecular formula is C19H16BrNO4. The van der Waals surface area contributed by atoms with Crippen LogP contribution in [0.2, 0.25) is 0 Å². The second kappa shape index (κ2) is 7.53. The Labute approximate surface area is 153 Å². The first-order valence-corrected chi connectivity index (χ1v) is 8.59. The largest absolute Gasteiger partial charge is 0.466 e. The third-order valence-electron chi connectivity index (χ3n) is 3.69. The predicted molar refractivity (Wildman–Crippen MR) is 98.6 cm³/mol. The van der Waals surface area contributed by atoms with Gasteiger partial charge in [0.1, 0.15) is 11.8 Å². The van der Waals surface area contributed by atoms with E-state index in [4.69, 9.17) is 9.15 Å². The van der Waals surface area contributed by atoms with Crippen LogP contribution in [0.4, 0.5) is 5.69 Å². The molecule has 6 heteroatoms. The molecule has 0 aliphatic carbocycles. The summed E-state index contributed by atoms with van der Waals surface area (Å²) in [6.45, 7) is 2.08. The van der Waals surface area contributed by atoms with Crippen LogP contribution in [0.25, 0.3) is 11.0 Å². The van der Waals surface area contributed by atoms with Crippen molar-refractivity contribution in [1.82, 2.24) is 0 Å². The van der Waals surface area contributed by atoms with E-state index >= 15 is 0 Å². The van der Waals surface area contributed by atoms with Gasteiger partial charge in [0.2, 0.25) is 0 Å². The standard InChI is InChI=1S/C19H16BrNO4/c1-2-24-18(22)9-12-5-3-4-6-16(12)21-19(23)15-11-25-17-8-7-13(20)10-14(15)17/h3-8,10-11H,2,9H2,1H3,(H,21,23). The van der Waals surface area contributed by atoms with Crippen LogP contribution in [-0.2, 0) is 16.0 Å². The quantitative estimate of drug-likeness (QED) is 0.636. The maximum atomic E-state index is 12.7. The Morgan fingerprint density at radius 3 is 2.80 bits per heavy atom. The summed E-state index contributed by atoms with van der Waals surface area (Å²) in [5.74, 6) is -0.630. The van der Waals surface area contributed by atoms with E-state index in [-0.39, 0.29) is 18.3 Å². The Morgan fingerprint density at radius 2 is 2.00 bits per heavy atom. The number of esters is 1. The molecule has 1 heterocycles. The second-order valence-corrected chi connectivity index (χ2v) is 6.30. The molecule has 0 saturated carbocycles. The van der Waals surface area contributed by atoms with Crippen LogP contribution in [0.5, 0.6) is 0 Å². The Bertz CT molecular complexity index is 932. The number of hydrogen-bond donors (Lipinski definition) is 1. The Kier molecular flexibility index (Phi) is 5.19. The topological polar surface area (TPSA) is 68.5 Å². The smallest absolute Gasteiger partial charge is 0.310 e. The first-order valence-electron chi connectivity index (χ1n) is 7.80. The minimum atomic E-state index is -0.332. The van der Waals surface area contributed by atoms with E-state index < -0.39 is 0 Å². The van der Waals surface area contributed by atoms with E-state index in [1.165, 1.54) is 6.26 Å². The van der Waals surface area contributed by atoms with Crippen molar-refractivity contribution in [3.8, 4) is 0 Å². The number of rotatable bonds is 5. The fourth-order valence-electron chi connectivity index (χ4n) is 2.53. The minimum absolute atomic E-state index is 0.0992. The summed E-state index contributed by atoms with van der Waals surface area (Å²) < 4.78 is 11.3. The zero-order chi connectivity index (χ0) is 17.8. The number of ether oxygens (including phenoxy) is 1. The molecule has 0 radical (unpaired) electrons. The highest BCUT2D eigenvalue weighted by Gasteiger charge is 2.16. The number of halogens is 1. The van der Waals surface area contributed by atoms with Crippen molar-refractivity contribution in [3.05, 3.63) is 64.3 Å². The van der Waals surface area contributed by atoms with Gasteiger partial charge in [-0.2, -0.15) is 0 Å². The van der Waals surface area contributed by atoms with Crippen LogP contribution >= 0.6 is 15.9 Å². The Hall–Kier alpha value is -2.60. The van der Waals surface area contributed by atoms with Crippen molar-refractivity contribution in [2.75, 3.05) is 11.9 Å². The molecule has 0 aliphatic rings. The molecule has 3 aromatic rings. The van der Waals surface area contributed by atoms with Crippen molar-refractivity contribution in [2.45, 2.75) is 13.3 Å². The van der Waals surface area contributed by atoms with Crippen molar-refractivity contribution < 1.29 is 18.7 Å². The summed E-state index contributed by atoms with van der Waals surface area (Å²) in [4.78, 5) is 24.4. The van der Waals surface area contributed by atoms with Gasteiger partial charge in [0.15, 0.2) is 0 Å². The lowest BCUT2D eigenvalue weighted by molar-refractivity contribution is -0.142. The minimum Gasteiger partial charge on any atom is -0.466 e. The molecular weight excluding hydrogens is 386 g/mol. The number of furan rings is 1. The fourth-order valence-corrected chi connectivity index (χ4v) is 2.89. The first kappa shape index (κ1) is 17.2. The average molecular weight is 402 g/mol. The van der Waals surface area contributed by atoms with Crippen LogP contribution in [0.3, 0.4) is 0 Å². The highest BCUT2D eigenvalue weighted by Crippen LogP contribution is 2.26. The summed E-state index contributed by atoms with van der Waals surface area (Å²) in [6.07, 6.45) is 1.53. The summed E-state index contributed by atoms with van der Waals surface area (Å²) in [5.41, 5.74) is 2.34. The Morgan fingerprint density at radius 1 is 1.20 bits per heavy atom. The number of carbonyl (C=O) groups is 2. The van der Waals surface area contributed by atoms with E-state index in [1.807, 2.05) is 18.2 Å². The summed E-state index contributed by atoms with van der Waals surface area (Å²) in [7, 11) is 0. The molecule has 0 aliphatic heterocycles. The maximum Gasteiger partial charge on any atom is 0.310 e. The second-order valence-electron chi connectivity index (χ2n) is 5.38. The lowest BCUT2D eigenvalue weighted by atomic mass is 10.1. The summed E-state index contributed by atoms with van der Waals surface area (Å²) >= 11 is 3.40. The van der Waals surface area contributed by atoms with E-state index in [9.17, 15) is 9.59 Å². The van der Waals surface area contributed by atoms with Gasteiger partial charge in [-0.3, -0.25) is 9.59 Å². The van der Waals surface area contributed by atoms with Crippen LogP contribution < -0.4 is 5.32 Å². The fraction of sp³-hybridized carbons (Fsp3) is 0.158. The molecule has 128 valence electrons. The van der Waals surface area contributed by atoms with Crippen LogP contribution in [0, 0.1) is 0 Å². The van der Waals surface area contributed by atoms with E-state index in [1.54, 1.807) is 31.2 Å². The number of carbonyl (C=O) groups excluding carboxylic acids is 2. The lowest BCUT2D eigenvalue weighted by Gasteiger charge is -2.10. The highest BCUT2D eigenvalue weighted by molar-refractivity contribution is 9.10. The molecule has 0 fully saturated rings. The van der Waals surface area contributed by atoms with Crippen LogP contribution in [0.15, 0.2) is 57.6 Å². The molecule has 0 atom stereocenters. The van der Waals surface area contributed by atoms with Gasteiger partial charge in [-0.1, -0.05) is 34.1 Å². The van der Waals surface area contributed by atoms with Gasteiger partial charge < -0.3 is 14.5 Å². The number of para-hydroxylation sites is 1. The number of fused-ring (bicyclic) bond motifs is 1. The SMILES string of the molecule is CCOC(=O)Cc1ccccc1NC(=O)c1coc2ccc(Br)cc12. The van der Waals surface area contributed by atoms with Crippen molar-refractivity contribution in [3.63, 3.8) is 0 Å². The number of nitrogens with one attached hydrogen (secondary N) is 1. The number of benzene rings is 2. The lowest BCUT2D eigenvalue weighted by Crippen LogP contribution is -2.15. The molecule has 0 unspecified atom stereocenters. The van der Waals surface area contributed by atoms with Crippen molar-refractivity contribution in [2.24, 2.45) is 0 Å². The van der Waals surface area contributed by atoms with Crippen LogP contribution in [0.1, 0.15) is 22.8 Å². The van der Waals surface area contributed by atoms with Gasteiger partial charge in [-0.05, 0) is 36.8 Å². The molecule has 25 heavy (non-hydrogen) atoms. The zero-order valence-corrected chi connectivity index (χ0v) is 15.1. The molecule has 0 spiro atoms. The molecule has 2 aromatic carbocycles. The van der Waals surface area contributed by atoms with E-state index in [0.717, 1.165) is 9.86 Å². The molecule has 1 N–H and O–H groups in total. The highest BCUT2D eigenvalue weighted by atomic mass is 79.9. The normalized spacial score (nSPS) is 10.6. The van der Waals surface area contributed by atoms with Gasteiger partial charge in [0.05, 0.1) is 18.6 Å². The number of anilines is 1. The average Bonchev–Trinajstić information content (AvgIpc) is 3.00. The van der Waals surface area contributed by atoms with Crippen LogP contribution in [-0.4, -0.2) is 18.5 Å². The molecule has 5 nitrogen and oxygen atoms in total. The third kappa shape index (κ3) is 3.91. The van der Waals surface area contributed by atoms with Gasteiger partial charge in [-0.25, -0.2) is 0 Å². The molecule has 0 bridgehead atoms. The summed E-state index contributed by atoms with van der Waals surface area (Å²) in [6, 6.07) is 12.6. The first-order chi connectivity index (χ1) is 12.1. The monoisotopic (exact) mass is 401 g/mol. The Balaban J connectivity index is 1.85. The molecule has 3 rings (SSSR count). The number of amides is 1. The van der Waals surface area contributed by atoms with E-state index in [0.29, 0.717) is 29.0 Å². The summed E-state index contributed by atoms with van der Waals surface area (Å²) in [5, 5.41) is 3.57. The van der Waals surface area contributed by atoms with Crippen molar-refractivity contribution >= 4 is 44.5 Å². The molecule has 0 saturated heterocycles. The van der Waals surface area contributed by atoms with Gasteiger partial charge >= 0.3 is 5.97 Å².